The van der Waals surface area contributed by atoms with Gasteiger partial charge in [-0.2, -0.15) is 0 Å². The van der Waals surface area contributed by atoms with E-state index in [-0.39, 0.29) is 11.7 Å². The van der Waals surface area contributed by atoms with E-state index in [0.29, 0.717) is 11.8 Å². The van der Waals surface area contributed by atoms with Gasteiger partial charge in [-0.3, -0.25) is 0 Å². The largest absolute Gasteiger partial charge is 0.388 e. The monoisotopic (exact) mass is 250 g/mol. The Hall–Kier alpha value is -0.890. The lowest BCUT2D eigenvalue weighted by Crippen LogP contribution is -2.25. The average molecular weight is 250 g/mol. The summed E-state index contributed by atoms with van der Waals surface area (Å²) in [5, 5.41) is 10.5. The molecule has 18 heavy (non-hydrogen) atoms. The van der Waals surface area contributed by atoms with Crippen LogP contribution in [0.4, 0.5) is 4.39 Å². The molecule has 3 unspecified atom stereocenters. The summed E-state index contributed by atoms with van der Waals surface area (Å²) < 4.78 is 13.3. The second-order valence-electron chi connectivity index (χ2n) is 6.12. The quantitative estimate of drug-likeness (QED) is 0.832. The number of benzene rings is 1. The Labute approximate surface area is 109 Å². The summed E-state index contributed by atoms with van der Waals surface area (Å²) in [7, 11) is 0. The van der Waals surface area contributed by atoms with E-state index < -0.39 is 6.10 Å². The Morgan fingerprint density at radius 2 is 1.78 bits per heavy atom. The summed E-state index contributed by atoms with van der Waals surface area (Å²) in [6.45, 7) is 6.43. The van der Waals surface area contributed by atoms with Gasteiger partial charge in [0.25, 0.3) is 0 Å². The molecule has 0 saturated heterocycles. The van der Waals surface area contributed by atoms with E-state index in [4.69, 9.17) is 0 Å². The zero-order valence-corrected chi connectivity index (χ0v) is 11.5. The lowest BCUT2D eigenvalue weighted by Gasteiger charge is -2.35. The summed E-state index contributed by atoms with van der Waals surface area (Å²) in [5.41, 5.74) is 1.75. The van der Waals surface area contributed by atoms with Crippen molar-refractivity contribution in [3.63, 3.8) is 0 Å². The molecule has 1 nitrogen and oxygen atoms in total. The van der Waals surface area contributed by atoms with Gasteiger partial charge in [0.05, 0.1) is 6.10 Å². The molecule has 0 amide bonds. The summed E-state index contributed by atoms with van der Waals surface area (Å²) in [6, 6.07) is 4.70. The number of aliphatic hydroxyl groups is 1. The minimum absolute atomic E-state index is 0.258. The maximum atomic E-state index is 13.3. The van der Waals surface area contributed by atoms with Crippen molar-refractivity contribution in [2.45, 2.75) is 46.1 Å². The second kappa shape index (κ2) is 5.40. The minimum Gasteiger partial charge on any atom is -0.388 e. The number of hydrogen-bond donors (Lipinski definition) is 1. The molecule has 1 aliphatic carbocycles. The van der Waals surface area contributed by atoms with E-state index in [1.54, 1.807) is 6.07 Å². The molecule has 0 radical (unpaired) electrons. The van der Waals surface area contributed by atoms with Crippen molar-refractivity contribution in [1.82, 2.24) is 0 Å². The zero-order valence-electron chi connectivity index (χ0n) is 11.5. The van der Waals surface area contributed by atoms with Gasteiger partial charge in [-0.25, -0.2) is 4.39 Å². The molecule has 0 aromatic heterocycles. The molecule has 2 rings (SSSR count). The van der Waals surface area contributed by atoms with Gasteiger partial charge in [0.2, 0.25) is 0 Å². The normalized spacial score (nSPS) is 30.2. The van der Waals surface area contributed by atoms with Crippen molar-refractivity contribution < 1.29 is 9.50 Å². The lowest BCUT2D eigenvalue weighted by molar-refractivity contribution is 0.0545. The van der Waals surface area contributed by atoms with Crippen LogP contribution in [0.15, 0.2) is 18.2 Å². The lowest BCUT2D eigenvalue weighted by atomic mass is 9.73. The van der Waals surface area contributed by atoms with E-state index in [2.05, 4.69) is 13.8 Å². The molecule has 100 valence electrons. The highest BCUT2D eigenvalue weighted by Crippen LogP contribution is 2.40. The van der Waals surface area contributed by atoms with Crippen molar-refractivity contribution in [3.05, 3.63) is 35.1 Å². The van der Waals surface area contributed by atoms with Crippen LogP contribution in [0.25, 0.3) is 0 Å². The van der Waals surface area contributed by atoms with Gasteiger partial charge in [-0.05, 0) is 67.2 Å². The van der Waals surface area contributed by atoms with Crippen LogP contribution in [-0.4, -0.2) is 5.11 Å². The van der Waals surface area contributed by atoms with Gasteiger partial charge >= 0.3 is 0 Å². The summed E-state index contributed by atoms with van der Waals surface area (Å²) in [4.78, 5) is 0. The average Bonchev–Trinajstić information content (AvgIpc) is 2.30. The van der Waals surface area contributed by atoms with Crippen LogP contribution in [0.1, 0.15) is 50.3 Å². The number of rotatable bonds is 2. The van der Waals surface area contributed by atoms with E-state index in [0.717, 1.165) is 24.0 Å². The van der Waals surface area contributed by atoms with Crippen molar-refractivity contribution in [2.75, 3.05) is 0 Å². The van der Waals surface area contributed by atoms with Gasteiger partial charge < -0.3 is 5.11 Å². The highest BCUT2D eigenvalue weighted by atomic mass is 19.1. The molecule has 1 aromatic rings. The highest BCUT2D eigenvalue weighted by Gasteiger charge is 2.30. The van der Waals surface area contributed by atoms with Crippen molar-refractivity contribution in [2.24, 2.45) is 17.8 Å². The summed E-state index contributed by atoms with van der Waals surface area (Å²) in [6.07, 6.45) is 2.81. The fraction of sp³-hybridized carbons (Fsp3) is 0.625. The summed E-state index contributed by atoms with van der Waals surface area (Å²) in [5.74, 6) is 1.32. The Kier molecular flexibility index (Phi) is 4.06. The molecule has 1 N–H and O–H groups in total. The van der Waals surface area contributed by atoms with Crippen LogP contribution < -0.4 is 0 Å². The van der Waals surface area contributed by atoms with E-state index >= 15 is 0 Å². The van der Waals surface area contributed by atoms with Crippen LogP contribution in [0, 0.1) is 30.5 Å². The standard InChI is InChI=1S/C16H23FO/c1-10-6-11(2)8-13(7-10)16(18)15-9-14(17)5-4-12(15)3/h4-5,9-11,13,16,18H,6-8H2,1-3H3. The van der Waals surface area contributed by atoms with Crippen LogP contribution in [0.5, 0.6) is 0 Å². The third kappa shape index (κ3) is 2.92. The van der Waals surface area contributed by atoms with Crippen molar-refractivity contribution in [3.8, 4) is 0 Å². The van der Waals surface area contributed by atoms with Crippen LogP contribution in [0.3, 0.4) is 0 Å². The van der Waals surface area contributed by atoms with Gasteiger partial charge in [0.15, 0.2) is 0 Å². The molecule has 2 heteroatoms. The molecule has 1 saturated carbocycles. The highest BCUT2D eigenvalue weighted by molar-refractivity contribution is 5.29. The molecule has 1 aliphatic rings. The maximum absolute atomic E-state index is 13.3. The molecule has 0 bridgehead atoms. The van der Waals surface area contributed by atoms with Crippen LogP contribution >= 0.6 is 0 Å². The molecule has 1 fully saturated rings. The van der Waals surface area contributed by atoms with Gasteiger partial charge in [0, 0.05) is 0 Å². The first-order valence-electron chi connectivity index (χ1n) is 6.91. The van der Waals surface area contributed by atoms with E-state index in [1.807, 2.05) is 6.92 Å². The third-order valence-corrected chi connectivity index (χ3v) is 4.22. The molecule has 0 aliphatic heterocycles. The number of aryl methyl sites for hydroxylation is 1. The maximum Gasteiger partial charge on any atom is 0.123 e. The molecular weight excluding hydrogens is 227 g/mol. The number of halogens is 1. The predicted molar refractivity (Wildman–Crippen MR) is 71.8 cm³/mol. The Bertz CT molecular complexity index is 406. The van der Waals surface area contributed by atoms with Crippen LogP contribution in [-0.2, 0) is 0 Å². The molecule has 0 heterocycles. The Morgan fingerprint density at radius 3 is 2.39 bits per heavy atom. The molecule has 3 atom stereocenters. The van der Waals surface area contributed by atoms with E-state index in [1.165, 1.54) is 18.6 Å². The summed E-state index contributed by atoms with van der Waals surface area (Å²) >= 11 is 0. The number of hydrogen-bond acceptors (Lipinski definition) is 1. The fourth-order valence-corrected chi connectivity index (χ4v) is 3.45. The SMILES string of the molecule is Cc1ccc(F)cc1C(O)C1CC(C)CC(C)C1. The third-order valence-electron chi connectivity index (χ3n) is 4.22. The topological polar surface area (TPSA) is 20.2 Å². The van der Waals surface area contributed by atoms with Crippen molar-refractivity contribution >= 4 is 0 Å². The smallest absolute Gasteiger partial charge is 0.123 e. The first kappa shape index (κ1) is 13.5. The second-order valence-corrected chi connectivity index (χ2v) is 6.12. The van der Waals surface area contributed by atoms with E-state index in [9.17, 15) is 9.50 Å². The molecule has 0 spiro atoms. The molecule has 1 aromatic carbocycles. The van der Waals surface area contributed by atoms with Gasteiger partial charge in [-0.1, -0.05) is 19.9 Å². The fourth-order valence-electron chi connectivity index (χ4n) is 3.45. The first-order valence-corrected chi connectivity index (χ1v) is 6.91. The minimum atomic E-state index is -0.522. The molecular formula is C16H23FO. The predicted octanol–water partition coefficient (Wildman–Crippen LogP) is 4.24. The first-order chi connectivity index (χ1) is 8.47. The number of aliphatic hydroxyl groups excluding tert-OH is 1. The zero-order chi connectivity index (χ0) is 13.3. The van der Waals surface area contributed by atoms with Crippen molar-refractivity contribution in [1.29, 1.82) is 0 Å². The van der Waals surface area contributed by atoms with Gasteiger partial charge in [0.1, 0.15) is 5.82 Å². The van der Waals surface area contributed by atoms with Gasteiger partial charge in [-0.15, -0.1) is 0 Å². The Morgan fingerprint density at radius 1 is 1.17 bits per heavy atom. The Balaban J connectivity index is 2.19. The van der Waals surface area contributed by atoms with Crippen LogP contribution in [0.2, 0.25) is 0 Å².